The molecule has 0 aliphatic carbocycles. The van der Waals surface area contributed by atoms with Crippen LogP contribution < -0.4 is 4.74 Å². The zero-order valence-electron chi connectivity index (χ0n) is 12.6. The molecule has 1 heterocycles. The maximum absolute atomic E-state index is 12.2. The number of carbonyl (C=O) groups excluding carboxylic acids is 1. The number of carbonyl (C=O) groups is 1. The van der Waals surface area contributed by atoms with Gasteiger partial charge < -0.3 is 14.2 Å². The van der Waals surface area contributed by atoms with Gasteiger partial charge >= 0.3 is 0 Å². The van der Waals surface area contributed by atoms with Gasteiger partial charge in [-0.25, -0.2) is 0 Å². The molecule has 0 saturated carbocycles. The smallest absolute Gasteiger partial charge is 0.227 e. The highest BCUT2D eigenvalue weighted by Crippen LogP contribution is 2.14. The van der Waals surface area contributed by atoms with Gasteiger partial charge in [-0.3, -0.25) is 4.79 Å². The number of hydrogen-bond donors (Lipinski definition) is 0. The minimum absolute atomic E-state index is 0.0288. The molecule has 2 aromatic rings. The van der Waals surface area contributed by atoms with Crippen LogP contribution in [0.15, 0.2) is 34.9 Å². The zero-order valence-corrected chi connectivity index (χ0v) is 12.6. The Kier molecular flexibility index (Phi) is 4.98. The van der Waals surface area contributed by atoms with Crippen LogP contribution in [-0.4, -0.2) is 36.2 Å². The Bertz CT molecular complexity index is 573. The van der Waals surface area contributed by atoms with Gasteiger partial charge in [0.25, 0.3) is 0 Å². The molecule has 0 fully saturated rings. The summed E-state index contributed by atoms with van der Waals surface area (Å²) >= 11 is 0. The third-order valence-corrected chi connectivity index (χ3v) is 3.37. The Labute approximate surface area is 124 Å². The standard InChI is InChI=1S/C16H20N2O3/c1-12-15(13(2)21-17-12)11-16(19)18(3)9-10-20-14-7-5-4-6-8-14/h4-8H,9-11H2,1-3H3. The lowest BCUT2D eigenvalue weighted by molar-refractivity contribution is -0.129. The van der Waals surface area contributed by atoms with Gasteiger partial charge in [0, 0.05) is 12.6 Å². The van der Waals surface area contributed by atoms with Crippen LogP contribution in [-0.2, 0) is 11.2 Å². The lowest BCUT2D eigenvalue weighted by Crippen LogP contribution is -2.32. The SMILES string of the molecule is Cc1noc(C)c1CC(=O)N(C)CCOc1ccccc1. The molecule has 0 unspecified atom stereocenters. The molecule has 0 aliphatic rings. The number of aryl methyl sites for hydroxylation is 2. The predicted octanol–water partition coefficient (Wildman–Crippen LogP) is 2.37. The monoisotopic (exact) mass is 288 g/mol. The highest BCUT2D eigenvalue weighted by Gasteiger charge is 2.16. The molecule has 0 atom stereocenters. The van der Waals surface area contributed by atoms with Gasteiger partial charge in [0.05, 0.1) is 18.7 Å². The molecule has 0 aliphatic heterocycles. The third-order valence-electron chi connectivity index (χ3n) is 3.37. The zero-order chi connectivity index (χ0) is 15.2. The molecule has 112 valence electrons. The van der Waals surface area contributed by atoms with Crippen molar-refractivity contribution in [2.75, 3.05) is 20.2 Å². The number of amides is 1. The molecule has 0 N–H and O–H groups in total. The van der Waals surface area contributed by atoms with E-state index in [4.69, 9.17) is 9.26 Å². The first-order chi connectivity index (χ1) is 10.1. The fourth-order valence-corrected chi connectivity index (χ4v) is 1.98. The highest BCUT2D eigenvalue weighted by atomic mass is 16.5. The van der Waals surface area contributed by atoms with E-state index in [-0.39, 0.29) is 5.91 Å². The lowest BCUT2D eigenvalue weighted by atomic mass is 10.1. The van der Waals surface area contributed by atoms with Crippen LogP contribution in [0.2, 0.25) is 0 Å². The van der Waals surface area contributed by atoms with E-state index in [1.807, 2.05) is 44.2 Å². The van der Waals surface area contributed by atoms with Crippen molar-refractivity contribution in [2.24, 2.45) is 0 Å². The van der Waals surface area contributed by atoms with Crippen LogP contribution in [0.1, 0.15) is 17.0 Å². The molecule has 2 rings (SSSR count). The number of rotatable bonds is 6. The molecular formula is C16H20N2O3. The minimum Gasteiger partial charge on any atom is -0.492 e. The summed E-state index contributed by atoms with van der Waals surface area (Å²) < 4.78 is 10.7. The first-order valence-electron chi connectivity index (χ1n) is 6.91. The average molecular weight is 288 g/mol. The van der Waals surface area contributed by atoms with Crippen LogP contribution in [0.5, 0.6) is 5.75 Å². The molecule has 1 aromatic carbocycles. The second-order valence-electron chi connectivity index (χ2n) is 4.96. The van der Waals surface area contributed by atoms with E-state index in [1.165, 1.54) is 0 Å². The first-order valence-corrected chi connectivity index (χ1v) is 6.91. The number of hydrogen-bond acceptors (Lipinski definition) is 4. The molecule has 1 amide bonds. The van der Waals surface area contributed by atoms with E-state index in [0.29, 0.717) is 25.3 Å². The number of para-hydroxylation sites is 1. The number of ether oxygens (including phenoxy) is 1. The van der Waals surface area contributed by atoms with Crippen molar-refractivity contribution >= 4 is 5.91 Å². The van der Waals surface area contributed by atoms with Crippen molar-refractivity contribution in [3.63, 3.8) is 0 Å². The van der Waals surface area contributed by atoms with Gasteiger partial charge in [0.15, 0.2) is 0 Å². The quantitative estimate of drug-likeness (QED) is 0.819. The lowest BCUT2D eigenvalue weighted by Gasteiger charge is -2.17. The number of aromatic nitrogens is 1. The van der Waals surface area contributed by atoms with Crippen molar-refractivity contribution in [3.05, 3.63) is 47.3 Å². The summed E-state index contributed by atoms with van der Waals surface area (Å²) in [4.78, 5) is 13.8. The molecule has 0 saturated heterocycles. The van der Waals surface area contributed by atoms with Gasteiger partial charge in [-0.05, 0) is 26.0 Å². The Morgan fingerprint density at radius 1 is 1.29 bits per heavy atom. The number of nitrogens with zero attached hydrogens (tertiary/aromatic N) is 2. The van der Waals surface area contributed by atoms with E-state index >= 15 is 0 Å². The first kappa shape index (κ1) is 15.1. The average Bonchev–Trinajstić information content (AvgIpc) is 2.80. The molecule has 5 heteroatoms. The Morgan fingerprint density at radius 3 is 2.62 bits per heavy atom. The summed E-state index contributed by atoms with van der Waals surface area (Å²) in [5.41, 5.74) is 1.64. The molecule has 0 bridgehead atoms. The molecule has 0 spiro atoms. The summed E-state index contributed by atoms with van der Waals surface area (Å²) in [5.74, 6) is 1.54. The van der Waals surface area contributed by atoms with E-state index < -0.39 is 0 Å². The fourth-order valence-electron chi connectivity index (χ4n) is 1.98. The Hall–Kier alpha value is -2.30. The van der Waals surface area contributed by atoms with Crippen LogP contribution in [0.4, 0.5) is 0 Å². The van der Waals surface area contributed by atoms with Crippen LogP contribution in [0, 0.1) is 13.8 Å². The van der Waals surface area contributed by atoms with E-state index in [1.54, 1.807) is 11.9 Å². The van der Waals surface area contributed by atoms with Crippen molar-refractivity contribution in [1.82, 2.24) is 10.1 Å². The maximum Gasteiger partial charge on any atom is 0.227 e. The maximum atomic E-state index is 12.2. The topological polar surface area (TPSA) is 55.6 Å². The van der Waals surface area contributed by atoms with Crippen molar-refractivity contribution in [3.8, 4) is 5.75 Å². The van der Waals surface area contributed by atoms with Crippen molar-refractivity contribution in [1.29, 1.82) is 0 Å². The predicted molar refractivity (Wildman–Crippen MR) is 79.3 cm³/mol. The molecule has 1 aromatic heterocycles. The summed E-state index contributed by atoms with van der Waals surface area (Å²) in [5, 5.41) is 3.86. The molecule has 5 nitrogen and oxygen atoms in total. The largest absolute Gasteiger partial charge is 0.492 e. The molecule has 0 radical (unpaired) electrons. The van der Waals surface area contributed by atoms with Gasteiger partial charge in [0.1, 0.15) is 18.1 Å². The van der Waals surface area contributed by atoms with Gasteiger partial charge in [0.2, 0.25) is 5.91 Å². The Balaban J connectivity index is 1.80. The van der Waals surface area contributed by atoms with E-state index in [9.17, 15) is 4.79 Å². The minimum atomic E-state index is 0.0288. The third kappa shape index (κ3) is 4.08. The van der Waals surface area contributed by atoms with E-state index in [2.05, 4.69) is 5.16 Å². The summed E-state index contributed by atoms with van der Waals surface area (Å²) in [6.07, 6.45) is 0.309. The number of likely N-dealkylation sites (N-methyl/N-ethyl adjacent to an activating group) is 1. The number of benzene rings is 1. The second kappa shape index (κ2) is 6.92. The van der Waals surface area contributed by atoms with Crippen molar-refractivity contribution in [2.45, 2.75) is 20.3 Å². The van der Waals surface area contributed by atoms with Crippen LogP contribution >= 0.6 is 0 Å². The normalized spacial score (nSPS) is 10.4. The van der Waals surface area contributed by atoms with Gasteiger partial charge in [-0.15, -0.1) is 0 Å². The summed E-state index contributed by atoms with van der Waals surface area (Å²) in [6, 6.07) is 9.56. The van der Waals surface area contributed by atoms with Crippen LogP contribution in [0.3, 0.4) is 0 Å². The second-order valence-corrected chi connectivity index (χ2v) is 4.96. The van der Waals surface area contributed by atoms with Gasteiger partial charge in [-0.2, -0.15) is 0 Å². The summed E-state index contributed by atoms with van der Waals surface area (Å²) in [6.45, 7) is 4.67. The molecule has 21 heavy (non-hydrogen) atoms. The summed E-state index contributed by atoms with van der Waals surface area (Å²) in [7, 11) is 1.77. The molecular weight excluding hydrogens is 268 g/mol. The van der Waals surface area contributed by atoms with Crippen molar-refractivity contribution < 1.29 is 14.1 Å². The van der Waals surface area contributed by atoms with Crippen LogP contribution in [0.25, 0.3) is 0 Å². The Morgan fingerprint density at radius 2 is 2.00 bits per heavy atom. The van der Waals surface area contributed by atoms with Gasteiger partial charge in [-0.1, -0.05) is 23.4 Å². The fraction of sp³-hybridized carbons (Fsp3) is 0.375. The highest BCUT2D eigenvalue weighted by molar-refractivity contribution is 5.78. The van der Waals surface area contributed by atoms with E-state index in [0.717, 1.165) is 17.0 Å².